The third-order valence-corrected chi connectivity index (χ3v) is 6.82. The van der Waals surface area contributed by atoms with Crippen molar-refractivity contribution in [3.05, 3.63) is 64.8 Å². The Kier molecular flexibility index (Phi) is 5.96. The van der Waals surface area contributed by atoms with Crippen LogP contribution in [-0.2, 0) is 11.2 Å². The van der Waals surface area contributed by atoms with Crippen molar-refractivity contribution < 1.29 is 9.59 Å². The minimum Gasteiger partial charge on any atom is -0.353 e. The van der Waals surface area contributed by atoms with E-state index in [-0.39, 0.29) is 17.9 Å². The third kappa shape index (κ3) is 4.42. The summed E-state index contributed by atoms with van der Waals surface area (Å²) in [5, 5.41) is 12.0. The summed E-state index contributed by atoms with van der Waals surface area (Å²) in [7, 11) is 0. The molecule has 1 atom stereocenters. The zero-order valence-corrected chi connectivity index (χ0v) is 19.0. The zero-order chi connectivity index (χ0) is 22.0. The molecule has 7 heteroatoms. The van der Waals surface area contributed by atoms with Gasteiger partial charge in [-0.25, -0.2) is 0 Å². The number of hydrogen-bond acceptors (Lipinski definition) is 4. The van der Waals surface area contributed by atoms with Crippen LogP contribution in [0.4, 0.5) is 0 Å². The number of aryl methyl sites for hydroxylation is 1. The Morgan fingerprint density at radius 2 is 2.03 bits per heavy atom. The second-order valence-corrected chi connectivity index (χ2v) is 9.59. The maximum absolute atomic E-state index is 13.3. The SMILES string of the molecule is Cc1[nH]ncc1C(=O)N1CC[C@](Cc2ccc(-c3cccs3)cc2)(C(=O)NC(C)C)C1. The van der Waals surface area contributed by atoms with E-state index in [0.29, 0.717) is 31.5 Å². The lowest BCUT2D eigenvalue weighted by molar-refractivity contribution is -0.130. The van der Waals surface area contributed by atoms with Gasteiger partial charge >= 0.3 is 0 Å². The second kappa shape index (κ2) is 8.67. The summed E-state index contributed by atoms with van der Waals surface area (Å²) in [6.07, 6.45) is 2.81. The van der Waals surface area contributed by atoms with E-state index in [4.69, 9.17) is 0 Å². The molecule has 1 aliphatic rings. The number of rotatable bonds is 6. The van der Waals surface area contributed by atoms with Gasteiger partial charge in [0.1, 0.15) is 0 Å². The van der Waals surface area contributed by atoms with Crippen LogP contribution in [0.3, 0.4) is 0 Å². The van der Waals surface area contributed by atoms with Crippen molar-refractivity contribution in [2.24, 2.45) is 5.41 Å². The summed E-state index contributed by atoms with van der Waals surface area (Å²) < 4.78 is 0. The van der Waals surface area contributed by atoms with Gasteiger partial charge in [-0.3, -0.25) is 14.7 Å². The van der Waals surface area contributed by atoms with Crippen LogP contribution in [0.25, 0.3) is 10.4 Å². The molecule has 1 aliphatic heterocycles. The van der Waals surface area contributed by atoms with Crippen LogP contribution >= 0.6 is 11.3 Å². The number of aromatic amines is 1. The molecule has 0 saturated carbocycles. The molecule has 0 radical (unpaired) electrons. The number of carbonyl (C=O) groups is 2. The molecule has 0 bridgehead atoms. The first-order chi connectivity index (χ1) is 14.9. The number of aromatic nitrogens is 2. The molecule has 162 valence electrons. The average Bonchev–Trinajstić information content (AvgIpc) is 3.49. The Hall–Kier alpha value is -2.93. The number of benzene rings is 1. The van der Waals surface area contributed by atoms with E-state index in [1.165, 1.54) is 10.4 Å². The Morgan fingerprint density at radius 1 is 1.26 bits per heavy atom. The fourth-order valence-corrected chi connectivity index (χ4v) is 4.96. The molecule has 4 rings (SSSR count). The third-order valence-electron chi connectivity index (χ3n) is 5.90. The summed E-state index contributed by atoms with van der Waals surface area (Å²) >= 11 is 1.71. The van der Waals surface area contributed by atoms with Crippen molar-refractivity contribution in [3.8, 4) is 10.4 Å². The maximum atomic E-state index is 13.3. The highest BCUT2D eigenvalue weighted by Crippen LogP contribution is 2.36. The Morgan fingerprint density at radius 3 is 2.65 bits per heavy atom. The topological polar surface area (TPSA) is 78.1 Å². The normalized spacial score (nSPS) is 18.5. The highest BCUT2D eigenvalue weighted by Gasteiger charge is 2.46. The number of likely N-dealkylation sites (tertiary alicyclic amines) is 1. The molecule has 31 heavy (non-hydrogen) atoms. The van der Waals surface area contributed by atoms with E-state index in [1.54, 1.807) is 22.4 Å². The van der Waals surface area contributed by atoms with Gasteiger partial charge in [0.05, 0.1) is 17.2 Å². The average molecular weight is 437 g/mol. The lowest BCUT2D eigenvalue weighted by Crippen LogP contribution is -2.47. The predicted molar refractivity (Wildman–Crippen MR) is 123 cm³/mol. The maximum Gasteiger partial charge on any atom is 0.257 e. The number of carbonyl (C=O) groups excluding carboxylic acids is 2. The van der Waals surface area contributed by atoms with E-state index in [0.717, 1.165) is 11.3 Å². The number of amides is 2. The van der Waals surface area contributed by atoms with Crippen LogP contribution in [0.1, 0.15) is 41.9 Å². The van der Waals surface area contributed by atoms with Crippen LogP contribution in [-0.4, -0.2) is 46.0 Å². The molecular weight excluding hydrogens is 408 g/mol. The van der Waals surface area contributed by atoms with E-state index in [1.807, 2.05) is 26.8 Å². The Bertz CT molecular complexity index is 1060. The predicted octanol–water partition coefficient (Wildman–Crippen LogP) is 4.05. The van der Waals surface area contributed by atoms with Crippen molar-refractivity contribution >= 4 is 23.2 Å². The van der Waals surface area contributed by atoms with E-state index >= 15 is 0 Å². The number of nitrogens with one attached hydrogen (secondary N) is 2. The van der Waals surface area contributed by atoms with Gasteiger partial charge in [-0.15, -0.1) is 11.3 Å². The van der Waals surface area contributed by atoms with Gasteiger partial charge in [-0.2, -0.15) is 5.10 Å². The van der Waals surface area contributed by atoms with Gasteiger partial charge in [0.15, 0.2) is 0 Å². The van der Waals surface area contributed by atoms with Crippen molar-refractivity contribution in [2.75, 3.05) is 13.1 Å². The molecule has 0 spiro atoms. The number of hydrogen-bond donors (Lipinski definition) is 2. The van der Waals surface area contributed by atoms with Gasteiger partial charge in [-0.1, -0.05) is 30.3 Å². The molecule has 2 N–H and O–H groups in total. The van der Waals surface area contributed by atoms with Crippen molar-refractivity contribution in [3.63, 3.8) is 0 Å². The Balaban J connectivity index is 1.57. The summed E-state index contributed by atoms with van der Waals surface area (Å²) in [5.41, 5.74) is 2.96. The minimum absolute atomic E-state index is 0.0176. The molecule has 1 fully saturated rings. The molecule has 2 amide bonds. The first-order valence-corrected chi connectivity index (χ1v) is 11.5. The molecule has 0 aliphatic carbocycles. The zero-order valence-electron chi connectivity index (χ0n) is 18.1. The van der Waals surface area contributed by atoms with Crippen LogP contribution in [0.15, 0.2) is 48.0 Å². The van der Waals surface area contributed by atoms with Crippen LogP contribution in [0.5, 0.6) is 0 Å². The molecule has 3 aromatic rings. The minimum atomic E-state index is -0.637. The van der Waals surface area contributed by atoms with E-state index in [9.17, 15) is 9.59 Å². The second-order valence-electron chi connectivity index (χ2n) is 8.64. The summed E-state index contributed by atoms with van der Waals surface area (Å²) in [5.74, 6) is -0.0532. The summed E-state index contributed by atoms with van der Waals surface area (Å²) in [6.45, 7) is 6.73. The molecule has 2 aromatic heterocycles. The highest BCUT2D eigenvalue weighted by molar-refractivity contribution is 7.13. The van der Waals surface area contributed by atoms with Crippen LogP contribution in [0, 0.1) is 12.3 Å². The molecule has 6 nitrogen and oxygen atoms in total. The standard InChI is InChI=1S/C24H28N4O2S/c1-16(2)26-23(30)24(10-11-28(15-24)22(29)20-14-25-27-17(20)3)13-18-6-8-19(9-7-18)21-5-4-12-31-21/h4-9,12,14,16H,10-11,13,15H2,1-3H3,(H,25,27)(H,26,30)/t24-/m1/s1. The fourth-order valence-electron chi connectivity index (χ4n) is 4.23. The molecular formula is C24H28N4O2S. The lowest BCUT2D eigenvalue weighted by atomic mass is 9.79. The summed E-state index contributed by atoms with van der Waals surface area (Å²) in [4.78, 5) is 29.3. The van der Waals surface area contributed by atoms with Gasteiger partial charge in [-0.05, 0) is 56.2 Å². The summed E-state index contributed by atoms with van der Waals surface area (Å²) in [6, 6.07) is 12.6. The molecule has 1 saturated heterocycles. The monoisotopic (exact) mass is 436 g/mol. The molecule has 3 heterocycles. The first-order valence-electron chi connectivity index (χ1n) is 10.6. The van der Waals surface area contributed by atoms with Crippen molar-refractivity contribution in [1.29, 1.82) is 0 Å². The number of thiophene rings is 1. The molecule has 1 aromatic carbocycles. The highest BCUT2D eigenvalue weighted by atomic mass is 32.1. The van der Waals surface area contributed by atoms with E-state index < -0.39 is 5.41 Å². The smallest absolute Gasteiger partial charge is 0.257 e. The number of nitrogens with zero attached hydrogens (tertiary/aromatic N) is 2. The van der Waals surface area contributed by atoms with Gasteiger partial charge in [0.2, 0.25) is 5.91 Å². The van der Waals surface area contributed by atoms with Crippen molar-refractivity contribution in [2.45, 2.75) is 39.7 Å². The van der Waals surface area contributed by atoms with Gasteiger partial charge in [0.25, 0.3) is 5.91 Å². The largest absolute Gasteiger partial charge is 0.353 e. The lowest BCUT2D eigenvalue weighted by Gasteiger charge is -2.29. The van der Waals surface area contributed by atoms with Crippen LogP contribution < -0.4 is 5.32 Å². The van der Waals surface area contributed by atoms with Gasteiger partial charge < -0.3 is 10.2 Å². The molecule has 0 unspecified atom stereocenters. The Labute approximate surface area is 186 Å². The van der Waals surface area contributed by atoms with Crippen molar-refractivity contribution in [1.82, 2.24) is 20.4 Å². The van der Waals surface area contributed by atoms with Crippen LogP contribution in [0.2, 0.25) is 0 Å². The number of H-pyrrole nitrogens is 1. The van der Waals surface area contributed by atoms with Gasteiger partial charge in [0, 0.05) is 29.7 Å². The van der Waals surface area contributed by atoms with E-state index in [2.05, 4.69) is 51.2 Å². The fraction of sp³-hybridized carbons (Fsp3) is 0.375. The quantitative estimate of drug-likeness (QED) is 0.612. The first kappa shape index (κ1) is 21.3.